The molecule has 0 saturated carbocycles. The highest BCUT2D eigenvalue weighted by Crippen LogP contribution is 2.55. The third-order valence-corrected chi connectivity index (χ3v) is 9.53. The van der Waals surface area contributed by atoms with Gasteiger partial charge >= 0.3 is 0 Å². The molecule has 6 heteroatoms. The van der Waals surface area contributed by atoms with Crippen LogP contribution in [0.5, 0.6) is 5.75 Å². The van der Waals surface area contributed by atoms with Gasteiger partial charge in [0.1, 0.15) is 12.4 Å². The summed E-state index contributed by atoms with van der Waals surface area (Å²) in [5.41, 5.74) is 5.02. The molecule has 0 aromatic heterocycles. The lowest BCUT2D eigenvalue weighted by molar-refractivity contribution is -0.119. The van der Waals surface area contributed by atoms with Gasteiger partial charge in [-0.05, 0) is 64.6 Å². The largest absolute Gasteiger partial charge is 0.489 e. The van der Waals surface area contributed by atoms with E-state index in [0.29, 0.717) is 43.4 Å². The van der Waals surface area contributed by atoms with E-state index >= 15 is 0 Å². The van der Waals surface area contributed by atoms with E-state index < -0.39 is 5.92 Å². The number of allylic oxidation sites excluding steroid dienone is 4. The molecule has 5 nitrogen and oxygen atoms in total. The average molecular weight is 612 g/mol. The van der Waals surface area contributed by atoms with E-state index in [1.165, 1.54) is 0 Å². The van der Waals surface area contributed by atoms with Crippen LogP contribution in [0.2, 0.25) is 5.02 Å². The molecule has 0 bridgehead atoms. The minimum absolute atomic E-state index is 0.0992. The van der Waals surface area contributed by atoms with Crippen molar-refractivity contribution in [3.8, 4) is 5.75 Å². The molecule has 3 aromatic rings. The summed E-state index contributed by atoms with van der Waals surface area (Å²) in [5, 5.41) is 2.84. The van der Waals surface area contributed by atoms with E-state index in [2.05, 4.69) is 56.9 Å². The first kappa shape index (κ1) is 30.6. The number of nitrogens with zero attached hydrogens (tertiary/aromatic N) is 1. The monoisotopic (exact) mass is 611 g/mol. The van der Waals surface area contributed by atoms with Gasteiger partial charge in [0.25, 0.3) is 0 Å². The molecule has 2 aliphatic carbocycles. The first-order valence-corrected chi connectivity index (χ1v) is 16.0. The standard InChI is InChI=1S/C38H42ClNO4/c1-37(2)19-29-35(31(41)21-37)34(36-30(40(29)16-9-17-43-5)20-38(3,4)22-32(36)42)28-18-26(39)14-15-33(28)44-23-25-12-8-11-24-10-6-7-13-27(24)25/h6-8,10-15,18,34H,9,16-17,19-23H2,1-5H3. The number of hydrogen-bond donors (Lipinski definition) is 0. The topological polar surface area (TPSA) is 55.8 Å². The quantitative estimate of drug-likeness (QED) is 0.238. The zero-order valence-electron chi connectivity index (χ0n) is 26.5. The highest BCUT2D eigenvalue weighted by molar-refractivity contribution is 6.30. The smallest absolute Gasteiger partial charge is 0.162 e. The molecular formula is C38H42ClNO4. The Labute approximate surface area is 265 Å². The van der Waals surface area contributed by atoms with Crippen molar-refractivity contribution < 1.29 is 19.1 Å². The predicted molar refractivity (Wildman–Crippen MR) is 176 cm³/mol. The Morgan fingerprint density at radius 3 is 2.14 bits per heavy atom. The molecule has 1 aliphatic heterocycles. The minimum Gasteiger partial charge on any atom is -0.489 e. The zero-order chi connectivity index (χ0) is 31.2. The van der Waals surface area contributed by atoms with Gasteiger partial charge < -0.3 is 14.4 Å². The van der Waals surface area contributed by atoms with Crippen molar-refractivity contribution in [2.75, 3.05) is 20.3 Å². The molecule has 0 amide bonds. The highest BCUT2D eigenvalue weighted by Gasteiger charge is 2.49. The van der Waals surface area contributed by atoms with Gasteiger partial charge in [0.15, 0.2) is 11.6 Å². The van der Waals surface area contributed by atoms with E-state index in [1.807, 2.05) is 36.4 Å². The Morgan fingerprint density at radius 2 is 1.48 bits per heavy atom. The van der Waals surface area contributed by atoms with Gasteiger partial charge in [-0.2, -0.15) is 0 Å². The first-order valence-electron chi connectivity index (χ1n) is 15.7. The predicted octanol–water partition coefficient (Wildman–Crippen LogP) is 8.79. The summed E-state index contributed by atoms with van der Waals surface area (Å²) < 4.78 is 12.0. The summed E-state index contributed by atoms with van der Waals surface area (Å²) in [5.74, 6) is 0.325. The van der Waals surface area contributed by atoms with Gasteiger partial charge in [-0.1, -0.05) is 81.8 Å². The van der Waals surface area contributed by atoms with Gasteiger partial charge in [0, 0.05) is 72.1 Å². The average Bonchev–Trinajstić information content (AvgIpc) is 2.95. The first-order chi connectivity index (χ1) is 21.0. The lowest BCUT2D eigenvalue weighted by atomic mass is 9.63. The molecule has 0 saturated heterocycles. The van der Waals surface area contributed by atoms with Crippen molar-refractivity contribution in [2.45, 2.75) is 72.3 Å². The molecule has 44 heavy (non-hydrogen) atoms. The molecule has 0 radical (unpaired) electrons. The van der Waals surface area contributed by atoms with Crippen LogP contribution < -0.4 is 4.74 Å². The van der Waals surface area contributed by atoms with E-state index in [1.54, 1.807) is 7.11 Å². The van der Waals surface area contributed by atoms with Crippen molar-refractivity contribution in [3.63, 3.8) is 0 Å². The Kier molecular flexibility index (Phi) is 8.23. The highest BCUT2D eigenvalue weighted by atomic mass is 35.5. The van der Waals surface area contributed by atoms with Crippen LogP contribution in [0, 0.1) is 10.8 Å². The second kappa shape index (κ2) is 11.8. The van der Waals surface area contributed by atoms with Gasteiger partial charge in [-0.25, -0.2) is 0 Å². The van der Waals surface area contributed by atoms with Crippen molar-refractivity contribution in [1.82, 2.24) is 4.90 Å². The van der Waals surface area contributed by atoms with Crippen LogP contribution in [0.25, 0.3) is 10.8 Å². The molecule has 3 aliphatic rings. The fraction of sp³-hybridized carbons (Fsp3) is 0.421. The van der Waals surface area contributed by atoms with Crippen LogP contribution in [0.3, 0.4) is 0 Å². The molecule has 1 heterocycles. The van der Waals surface area contributed by atoms with Gasteiger partial charge in [-0.3, -0.25) is 9.59 Å². The molecule has 0 unspecified atom stereocenters. The lowest BCUT2D eigenvalue weighted by Gasteiger charge is -2.49. The van der Waals surface area contributed by atoms with Gasteiger partial charge in [0.2, 0.25) is 0 Å². The molecule has 230 valence electrons. The third kappa shape index (κ3) is 5.84. The van der Waals surface area contributed by atoms with E-state index in [9.17, 15) is 9.59 Å². The zero-order valence-corrected chi connectivity index (χ0v) is 27.2. The summed E-state index contributed by atoms with van der Waals surface area (Å²) in [6.07, 6.45) is 3.19. The van der Waals surface area contributed by atoms with Crippen LogP contribution >= 0.6 is 11.6 Å². The second-order valence-corrected chi connectivity index (χ2v) is 14.6. The Balaban J connectivity index is 1.51. The number of carbonyl (C=O) groups excluding carboxylic acids is 2. The number of Topliss-reactive ketones (excluding diaryl/α,β-unsaturated/α-hetero) is 2. The summed E-state index contributed by atoms with van der Waals surface area (Å²) in [6.45, 7) is 10.3. The molecule has 3 aromatic carbocycles. The van der Waals surface area contributed by atoms with Crippen molar-refractivity contribution >= 4 is 33.9 Å². The van der Waals surface area contributed by atoms with Crippen molar-refractivity contribution in [1.29, 1.82) is 0 Å². The molecule has 6 rings (SSSR count). The SMILES string of the molecule is COCCCN1C2=C(C(=O)CC(C)(C)C2)C(c2cc(Cl)ccc2OCc2cccc3ccccc23)C2=C1CC(C)(C)CC2=O. The maximum atomic E-state index is 14.2. The van der Waals surface area contributed by atoms with E-state index in [-0.39, 0.29) is 22.4 Å². The van der Waals surface area contributed by atoms with Crippen LogP contribution in [0.4, 0.5) is 0 Å². The molecule has 0 spiro atoms. The van der Waals surface area contributed by atoms with Crippen molar-refractivity contribution in [2.24, 2.45) is 10.8 Å². The van der Waals surface area contributed by atoms with E-state index in [0.717, 1.165) is 63.7 Å². The number of benzene rings is 3. The van der Waals surface area contributed by atoms with E-state index in [4.69, 9.17) is 21.1 Å². The third-order valence-electron chi connectivity index (χ3n) is 9.30. The maximum Gasteiger partial charge on any atom is 0.162 e. The fourth-order valence-electron chi connectivity index (χ4n) is 7.45. The van der Waals surface area contributed by atoms with Crippen molar-refractivity contribution in [3.05, 3.63) is 99.4 Å². The number of fused-ring (bicyclic) bond motifs is 1. The normalized spacial score (nSPS) is 19.8. The molecular weight excluding hydrogens is 570 g/mol. The molecule has 0 N–H and O–H groups in total. The molecule has 0 fully saturated rings. The van der Waals surface area contributed by atoms with Crippen LogP contribution in [-0.2, 0) is 20.9 Å². The molecule has 0 atom stereocenters. The number of carbonyl (C=O) groups is 2. The number of rotatable bonds is 8. The summed E-state index contributed by atoms with van der Waals surface area (Å²) in [4.78, 5) is 30.7. The van der Waals surface area contributed by atoms with Crippen LogP contribution in [0.15, 0.2) is 83.2 Å². The Hall–Kier alpha value is -3.41. The van der Waals surface area contributed by atoms with Crippen LogP contribution in [0.1, 0.15) is 76.8 Å². The second-order valence-electron chi connectivity index (χ2n) is 14.1. The van der Waals surface area contributed by atoms with Gasteiger partial charge in [0.05, 0.1) is 0 Å². The number of hydrogen-bond acceptors (Lipinski definition) is 5. The van der Waals surface area contributed by atoms with Crippen LogP contribution in [-0.4, -0.2) is 36.7 Å². The summed E-state index contributed by atoms with van der Waals surface area (Å²) in [7, 11) is 1.71. The fourth-order valence-corrected chi connectivity index (χ4v) is 7.63. The lowest BCUT2D eigenvalue weighted by Crippen LogP contribution is -2.44. The number of ketones is 2. The van der Waals surface area contributed by atoms with Gasteiger partial charge in [-0.15, -0.1) is 0 Å². The summed E-state index contributed by atoms with van der Waals surface area (Å²) >= 11 is 6.68. The summed E-state index contributed by atoms with van der Waals surface area (Å²) in [6, 6.07) is 20.1. The minimum atomic E-state index is -0.521. The Bertz CT molecular complexity index is 1640. The maximum absolute atomic E-state index is 14.2. The number of halogens is 1. The number of ether oxygens (including phenoxy) is 2. The Morgan fingerprint density at radius 1 is 0.841 bits per heavy atom. The number of methoxy groups -OCH3 is 1.